The molecule has 0 spiro atoms. The number of aromatic hydroxyl groups is 1. The highest BCUT2D eigenvalue weighted by atomic mass is 35.5. The van der Waals surface area contributed by atoms with Crippen LogP contribution in [0.3, 0.4) is 0 Å². The molecule has 0 aliphatic rings. The molecule has 0 radical (unpaired) electrons. The average Bonchev–Trinajstić information content (AvgIpc) is 2.41. The molecule has 0 saturated heterocycles. The number of phenols is 1. The second kappa shape index (κ2) is 5.71. The SMILES string of the molecule is COc1ccc(NC(=O)c2cc(O)ccc2N)cc1Cl. The van der Waals surface area contributed by atoms with Crippen LogP contribution in [0.15, 0.2) is 36.4 Å². The van der Waals surface area contributed by atoms with Crippen molar-refractivity contribution in [2.75, 3.05) is 18.2 Å². The van der Waals surface area contributed by atoms with Crippen molar-refractivity contribution in [2.45, 2.75) is 0 Å². The van der Waals surface area contributed by atoms with Gasteiger partial charge < -0.3 is 20.9 Å². The van der Waals surface area contributed by atoms with Crippen molar-refractivity contribution in [3.05, 3.63) is 47.0 Å². The average molecular weight is 293 g/mol. The lowest BCUT2D eigenvalue weighted by Gasteiger charge is -2.09. The van der Waals surface area contributed by atoms with E-state index in [-0.39, 0.29) is 17.0 Å². The highest BCUT2D eigenvalue weighted by Crippen LogP contribution is 2.28. The number of hydrogen-bond acceptors (Lipinski definition) is 4. The summed E-state index contributed by atoms with van der Waals surface area (Å²) in [4.78, 5) is 12.1. The van der Waals surface area contributed by atoms with Gasteiger partial charge in [-0.1, -0.05) is 11.6 Å². The summed E-state index contributed by atoms with van der Waals surface area (Å²) in [5.74, 6) is 0.0540. The molecule has 1 amide bonds. The lowest BCUT2D eigenvalue weighted by Crippen LogP contribution is -2.13. The summed E-state index contributed by atoms with van der Waals surface area (Å²) in [5.41, 5.74) is 6.67. The second-order valence-electron chi connectivity index (χ2n) is 4.08. The van der Waals surface area contributed by atoms with Crippen LogP contribution in [-0.2, 0) is 0 Å². The number of amides is 1. The highest BCUT2D eigenvalue weighted by molar-refractivity contribution is 6.32. The summed E-state index contributed by atoms with van der Waals surface area (Å²) in [6.45, 7) is 0. The van der Waals surface area contributed by atoms with Crippen LogP contribution < -0.4 is 15.8 Å². The molecule has 0 atom stereocenters. The molecule has 104 valence electrons. The molecule has 0 heterocycles. The Kier molecular flexibility index (Phi) is 4.00. The fraction of sp³-hybridized carbons (Fsp3) is 0.0714. The van der Waals surface area contributed by atoms with E-state index in [0.29, 0.717) is 16.5 Å². The number of nitrogens with one attached hydrogen (secondary N) is 1. The van der Waals surface area contributed by atoms with E-state index in [0.717, 1.165) is 0 Å². The van der Waals surface area contributed by atoms with E-state index in [4.69, 9.17) is 22.1 Å². The zero-order valence-electron chi connectivity index (χ0n) is 10.7. The first-order valence-electron chi connectivity index (χ1n) is 5.74. The molecule has 6 heteroatoms. The minimum atomic E-state index is -0.431. The van der Waals surface area contributed by atoms with Crippen LogP contribution in [0.25, 0.3) is 0 Å². The number of hydrogen-bond donors (Lipinski definition) is 3. The van der Waals surface area contributed by atoms with Crippen LogP contribution in [0.4, 0.5) is 11.4 Å². The Bertz CT molecular complexity index is 659. The molecule has 0 aromatic heterocycles. The maximum atomic E-state index is 12.1. The van der Waals surface area contributed by atoms with Gasteiger partial charge in [-0.25, -0.2) is 0 Å². The van der Waals surface area contributed by atoms with Gasteiger partial charge in [-0.2, -0.15) is 0 Å². The van der Waals surface area contributed by atoms with E-state index in [1.165, 1.54) is 25.3 Å². The van der Waals surface area contributed by atoms with Gasteiger partial charge in [0.1, 0.15) is 11.5 Å². The third kappa shape index (κ3) is 2.95. The Balaban J connectivity index is 2.23. The van der Waals surface area contributed by atoms with Crippen molar-refractivity contribution in [2.24, 2.45) is 0 Å². The molecule has 2 rings (SSSR count). The number of methoxy groups -OCH3 is 1. The van der Waals surface area contributed by atoms with E-state index in [1.54, 1.807) is 18.2 Å². The molecule has 0 unspecified atom stereocenters. The quantitative estimate of drug-likeness (QED) is 0.600. The van der Waals surface area contributed by atoms with Gasteiger partial charge in [0.2, 0.25) is 0 Å². The highest BCUT2D eigenvalue weighted by Gasteiger charge is 2.12. The zero-order valence-corrected chi connectivity index (χ0v) is 11.4. The number of nitrogens with two attached hydrogens (primary N) is 1. The smallest absolute Gasteiger partial charge is 0.257 e. The van der Waals surface area contributed by atoms with Crippen molar-refractivity contribution in [3.8, 4) is 11.5 Å². The van der Waals surface area contributed by atoms with E-state index in [2.05, 4.69) is 5.32 Å². The number of nitrogen functional groups attached to an aromatic ring is 1. The van der Waals surface area contributed by atoms with Gasteiger partial charge in [-0.15, -0.1) is 0 Å². The summed E-state index contributed by atoms with van der Waals surface area (Å²) in [6.07, 6.45) is 0. The fourth-order valence-electron chi connectivity index (χ4n) is 1.68. The van der Waals surface area contributed by atoms with Crippen LogP contribution in [0.2, 0.25) is 5.02 Å². The van der Waals surface area contributed by atoms with Gasteiger partial charge in [0.05, 0.1) is 17.7 Å². The van der Waals surface area contributed by atoms with Crippen molar-refractivity contribution in [3.63, 3.8) is 0 Å². The summed E-state index contributed by atoms with van der Waals surface area (Å²) in [7, 11) is 1.51. The number of carbonyl (C=O) groups is 1. The van der Waals surface area contributed by atoms with Crippen LogP contribution in [0.1, 0.15) is 10.4 Å². The predicted molar refractivity (Wildman–Crippen MR) is 78.5 cm³/mol. The third-order valence-electron chi connectivity index (χ3n) is 2.69. The molecule has 0 bridgehead atoms. The molecule has 20 heavy (non-hydrogen) atoms. The predicted octanol–water partition coefficient (Wildman–Crippen LogP) is 2.89. The Hall–Kier alpha value is -2.40. The molecule has 0 fully saturated rings. The molecule has 5 nitrogen and oxygen atoms in total. The molecule has 4 N–H and O–H groups in total. The van der Waals surface area contributed by atoms with E-state index in [1.807, 2.05) is 0 Å². The monoisotopic (exact) mass is 292 g/mol. The molecule has 2 aromatic carbocycles. The zero-order chi connectivity index (χ0) is 14.7. The number of carbonyl (C=O) groups excluding carboxylic acids is 1. The Morgan fingerprint density at radius 1 is 1.30 bits per heavy atom. The molecule has 0 saturated carbocycles. The molecule has 0 aliphatic carbocycles. The first-order valence-corrected chi connectivity index (χ1v) is 6.12. The van der Waals surface area contributed by atoms with Crippen LogP contribution >= 0.6 is 11.6 Å². The second-order valence-corrected chi connectivity index (χ2v) is 4.48. The van der Waals surface area contributed by atoms with Gasteiger partial charge in [-0.05, 0) is 36.4 Å². The number of ether oxygens (including phenoxy) is 1. The lowest BCUT2D eigenvalue weighted by atomic mass is 10.1. The normalized spacial score (nSPS) is 10.1. The Morgan fingerprint density at radius 2 is 2.05 bits per heavy atom. The van der Waals surface area contributed by atoms with Crippen molar-refractivity contribution in [1.82, 2.24) is 0 Å². The van der Waals surface area contributed by atoms with Crippen LogP contribution in [-0.4, -0.2) is 18.1 Å². The summed E-state index contributed by atoms with van der Waals surface area (Å²) >= 11 is 5.97. The maximum absolute atomic E-state index is 12.1. The number of phenolic OH excluding ortho intramolecular Hbond substituents is 1. The number of anilines is 2. The van der Waals surface area contributed by atoms with Gasteiger partial charge in [-0.3, -0.25) is 4.79 Å². The maximum Gasteiger partial charge on any atom is 0.257 e. The third-order valence-corrected chi connectivity index (χ3v) is 2.99. The Morgan fingerprint density at radius 3 is 2.70 bits per heavy atom. The lowest BCUT2D eigenvalue weighted by molar-refractivity contribution is 0.102. The van der Waals surface area contributed by atoms with Gasteiger partial charge in [0, 0.05) is 11.4 Å². The standard InChI is InChI=1S/C14H13ClN2O3/c1-20-13-5-2-8(6-11(13)15)17-14(19)10-7-9(18)3-4-12(10)16/h2-7,18H,16H2,1H3,(H,17,19). The van der Waals surface area contributed by atoms with Crippen molar-refractivity contribution < 1.29 is 14.6 Å². The molecule has 0 aliphatic heterocycles. The molecular weight excluding hydrogens is 280 g/mol. The van der Waals surface area contributed by atoms with Crippen molar-refractivity contribution >= 4 is 28.9 Å². The summed E-state index contributed by atoms with van der Waals surface area (Å²) < 4.78 is 5.03. The summed E-state index contributed by atoms with van der Waals surface area (Å²) in [5, 5.41) is 12.4. The number of halogens is 1. The topological polar surface area (TPSA) is 84.6 Å². The van der Waals surface area contributed by atoms with Gasteiger partial charge >= 0.3 is 0 Å². The fourth-order valence-corrected chi connectivity index (χ4v) is 1.94. The molecule has 2 aromatic rings. The summed E-state index contributed by atoms with van der Waals surface area (Å²) in [6, 6.07) is 9.04. The number of benzene rings is 2. The first-order chi connectivity index (χ1) is 9.51. The minimum Gasteiger partial charge on any atom is -0.508 e. The van der Waals surface area contributed by atoms with E-state index >= 15 is 0 Å². The minimum absolute atomic E-state index is 0.0305. The Labute approximate surface area is 120 Å². The number of rotatable bonds is 3. The molecular formula is C14H13ClN2O3. The van der Waals surface area contributed by atoms with Gasteiger partial charge in [0.15, 0.2) is 0 Å². The van der Waals surface area contributed by atoms with Crippen LogP contribution in [0.5, 0.6) is 11.5 Å². The van der Waals surface area contributed by atoms with E-state index in [9.17, 15) is 9.90 Å². The van der Waals surface area contributed by atoms with Crippen LogP contribution in [0, 0.1) is 0 Å². The largest absolute Gasteiger partial charge is 0.508 e. The first kappa shape index (κ1) is 14.0. The van der Waals surface area contributed by atoms with Crippen molar-refractivity contribution in [1.29, 1.82) is 0 Å². The van der Waals surface area contributed by atoms with Gasteiger partial charge in [0.25, 0.3) is 5.91 Å². The van der Waals surface area contributed by atoms with E-state index < -0.39 is 5.91 Å².